The van der Waals surface area contributed by atoms with Crippen LogP contribution >= 0.6 is 11.6 Å². The van der Waals surface area contributed by atoms with Crippen LogP contribution in [0.25, 0.3) is 0 Å². The molecule has 0 spiro atoms. The van der Waals surface area contributed by atoms with E-state index in [1.165, 1.54) is 24.3 Å². The molecule has 0 radical (unpaired) electrons. The summed E-state index contributed by atoms with van der Waals surface area (Å²) in [5.41, 5.74) is -1.39. The molecule has 0 amide bonds. The molecular weight excluding hydrogens is 415 g/mol. The van der Waals surface area contributed by atoms with Crippen molar-refractivity contribution >= 4 is 27.7 Å². The van der Waals surface area contributed by atoms with Crippen molar-refractivity contribution < 1.29 is 26.4 Å². The van der Waals surface area contributed by atoms with E-state index in [0.29, 0.717) is 12.3 Å². The molecule has 1 aromatic heterocycles. The second-order valence-corrected chi connectivity index (χ2v) is 8.26. The normalized spacial score (nSPS) is 12.6. The van der Waals surface area contributed by atoms with E-state index in [-0.39, 0.29) is 21.9 Å². The molecule has 0 saturated heterocycles. The lowest BCUT2D eigenvalue weighted by atomic mass is 10.0. The zero-order valence-electron chi connectivity index (χ0n) is 13.9. The largest absolute Gasteiger partial charge is 0.296 e. The third-order valence-corrected chi connectivity index (χ3v) is 6.31. The molecule has 2 aromatic carbocycles. The average molecular weight is 426 g/mol. The lowest BCUT2D eigenvalue weighted by Gasteiger charge is -2.20. The lowest BCUT2D eigenvalue weighted by molar-refractivity contribution is 0.111. The van der Waals surface area contributed by atoms with E-state index in [1.54, 1.807) is 0 Å². The van der Waals surface area contributed by atoms with Gasteiger partial charge in [-0.05, 0) is 48.5 Å². The summed E-state index contributed by atoms with van der Waals surface area (Å²) in [6.45, 7) is 0. The molecule has 1 unspecified atom stereocenters. The molecule has 0 N–H and O–H groups in total. The highest BCUT2D eigenvalue weighted by atomic mass is 35.5. The van der Waals surface area contributed by atoms with Crippen molar-refractivity contribution in [1.29, 1.82) is 0 Å². The van der Waals surface area contributed by atoms with Gasteiger partial charge < -0.3 is 0 Å². The van der Waals surface area contributed by atoms with E-state index in [4.69, 9.17) is 11.6 Å². The second-order valence-electron chi connectivity index (χ2n) is 5.79. The standard InChI is InChI=1S/C19H11ClF3NO3S/c20-11-1-4-14(5-2-11)28(26,27)19(15-7-12(21)3-6-17(15)22)16-8-13(10-25)24-9-18(16)23/h1-10,19H. The molecule has 3 rings (SSSR count). The number of sulfone groups is 1. The maximum Gasteiger partial charge on any atom is 0.189 e. The van der Waals surface area contributed by atoms with Crippen LogP contribution in [-0.2, 0) is 9.84 Å². The fourth-order valence-electron chi connectivity index (χ4n) is 2.71. The van der Waals surface area contributed by atoms with Gasteiger partial charge >= 0.3 is 0 Å². The number of rotatable bonds is 5. The second kappa shape index (κ2) is 7.73. The molecule has 9 heteroatoms. The number of carbonyl (C=O) groups is 1. The van der Waals surface area contributed by atoms with E-state index in [0.717, 1.165) is 18.2 Å². The molecule has 4 nitrogen and oxygen atoms in total. The molecule has 144 valence electrons. The molecule has 1 heterocycles. The summed E-state index contributed by atoms with van der Waals surface area (Å²) < 4.78 is 69.3. The minimum Gasteiger partial charge on any atom is -0.296 e. The van der Waals surface area contributed by atoms with Gasteiger partial charge in [-0.1, -0.05) is 11.6 Å². The van der Waals surface area contributed by atoms with Gasteiger partial charge in [-0.25, -0.2) is 21.6 Å². The SMILES string of the molecule is O=Cc1cc(C(c2cc(F)ccc2F)S(=O)(=O)c2ccc(Cl)cc2)c(F)cn1. The Hall–Kier alpha value is -2.71. The summed E-state index contributed by atoms with van der Waals surface area (Å²) >= 11 is 5.77. The monoisotopic (exact) mass is 425 g/mol. The Kier molecular flexibility index (Phi) is 5.53. The van der Waals surface area contributed by atoms with Crippen molar-refractivity contribution in [2.45, 2.75) is 10.1 Å². The van der Waals surface area contributed by atoms with Gasteiger partial charge in [-0.2, -0.15) is 0 Å². The third-order valence-electron chi connectivity index (χ3n) is 4.00. The summed E-state index contributed by atoms with van der Waals surface area (Å²) in [4.78, 5) is 14.3. The Morgan fingerprint density at radius 3 is 2.21 bits per heavy atom. The average Bonchev–Trinajstić information content (AvgIpc) is 2.66. The summed E-state index contributed by atoms with van der Waals surface area (Å²) in [6.07, 6.45) is 0.942. The highest BCUT2D eigenvalue weighted by molar-refractivity contribution is 7.91. The Balaban J connectivity index is 2.34. The van der Waals surface area contributed by atoms with Gasteiger partial charge in [0.05, 0.1) is 11.1 Å². The third kappa shape index (κ3) is 3.79. The number of halogens is 4. The predicted molar refractivity (Wildman–Crippen MR) is 96.4 cm³/mol. The van der Waals surface area contributed by atoms with Crippen LogP contribution in [-0.4, -0.2) is 19.7 Å². The van der Waals surface area contributed by atoms with Crippen molar-refractivity contribution in [3.8, 4) is 0 Å². The van der Waals surface area contributed by atoms with E-state index in [2.05, 4.69) is 4.98 Å². The van der Waals surface area contributed by atoms with E-state index < -0.39 is 43.7 Å². The molecule has 28 heavy (non-hydrogen) atoms. The van der Waals surface area contributed by atoms with Gasteiger partial charge in [0.1, 0.15) is 28.4 Å². The Morgan fingerprint density at radius 1 is 0.929 bits per heavy atom. The number of nitrogens with zero attached hydrogens (tertiary/aromatic N) is 1. The van der Waals surface area contributed by atoms with E-state index in [1.807, 2.05) is 0 Å². The fraction of sp³-hybridized carbons (Fsp3) is 0.0526. The van der Waals surface area contributed by atoms with Gasteiger partial charge in [0, 0.05) is 16.1 Å². The minimum absolute atomic E-state index is 0.255. The highest BCUT2D eigenvalue weighted by Crippen LogP contribution is 2.38. The Bertz CT molecular complexity index is 1150. The molecule has 0 aliphatic carbocycles. The zero-order chi connectivity index (χ0) is 20.5. The topological polar surface area (TPSA) is 64.1 Å². The maximum atomic E-state index is 14.5. The van der Waals surface area contributed by atoms with Crippen LogP contribution in [0.4, 0.5) is 13.2 Å². The summed E-state index contributed by atoms with van der Waals surface area (Å²) in [5.74, 6) is -3.04. The first-order chi connectivity index (χ1) is 13.2. The molecule has 0 saturated carbocycles. The van der Waals surface area contributed by atoms with Gasteiger partial charge in [0.15, 0.2) is 16.1 Å². The number of aldehydes is 1. The van der Waals surface area contributed by atoms with Gasteiger partial charge in [0.25, 0.3) is 0 Å². The number of pyridine rings is 1. The van der Waals surface area contributed by atoms with Crippen LogP contribution in [0.2, 0.25) is 5.02 Å². The molecule has 0 aliphatic rings. The minimum atomic E-state index is -4.46. The van der Waals surface area contributed by atoms with Crippen molar-refractivity contribution in [2.75, 3.05) is 0 Å². The smallest absolute Gasteiger partial charge is 0.189 e. The molecule has 0 aliphatic heterocycles. The number of aromatic nitrogens is 1. The lowest BCUT2D eigenvalue weighted by Crippen LogP contribution is -2.19. The zero-order valence-corrected chi connectivity index (χ0v) is 15.5. The molecular formula is C19H11ClF3NO3S. The van der Waals surface area contributed by atoms with Crippen LogP contribution in [0.5, 0.6) is 0 Å². The maximum absolute atomic E-state index is 14.5. The first-order valence-electron chi connectivity index (χ1n) is 7.79. The van der Waals surface area contributed by atoms with Crippen LogP contribution in [0.15, 0.2) is 59.6 Å². The highest BCUT2D eigenvalue weighted by Gasteiger charge is 2.35. The van der Waals surface area contributed by atoms with Crippen LogP contribution in [0.3, 0.4) is 0 Å². The number of carbonyl (C=O) groups excluding carboxylic acids is 1. The van der Waals surface area contributed by atoms with Crippen LogP contribution in [0.1, 0.15) is 26.9 Å². The van der Waals surface area contributed by atoms with Crippen molar-refractivity contribution in [3.05, 3.63) is 94.0 Å². The Labute approximate surface area is 163 Å². The van der Waals surface area contributed by atoms with Crippen molar-refractivity contribution in [2.24, 2.45) is 0 Å². The number of hydrogen-bond acceptors (Lipinski definition) is 4. The van der Waals surface area contributed by atoms with Crippen LogP contribution in [0, 0.1) is 17.5 Å². The number of hydrogen-bond donors (Lipinski definition) is 0. The summed E-state index contributed by atoms with van der Waals surface area (Å²) in [5, 5.41) is -1.70. The van der Waals surface area contributed by atoms with Crippen molar-refractivity contribution in [1.82, 2.24) is 4.98 Å². The predicted octanol–water partition coefficient (Wildman–Crippen LogP) is 4.53. The molecule has 0 fully saturated rings. The molecule has 3 aromatic rings. The van der Waals surface area contributed by atoms with Gasteiger partial charge in [0.2, 0.25) is 0 Å². The Morgan fingerprint density at radius 2 is 1.57 bits per heavy atom. The van der Waals surface area contributed by atoms with Crippen LogP contribution < -0.4 is 0 Å². The molecule has 0 bridgehead atoms. The quantitative estimate of drug-likeness (QED) is 0.563. The number of benzene rings is 2. The van der Waals surface area contributed by atoms with Gasteiger partial charge in [-0.15, -0.1) is 0 Å². The van der Waals surface area contributed by atoms with E-state index in [9.17, 15) is 26.4 Å². The van der Waals surface area contributed by atoms with Crippen molar-refractivity contribution in [3.63, 3.8) is 0 Å². The first kappa shape index (κ1) is 20.0. The molecule has 1 atom stereocenters. The summed E-state index contributed by atoms with van der Waals surface area (Å²) in [6, 6.07) is 8.06. The van der Waals surface area contributed by atoms with Gasteiger partial charge in [-0.3, -0.25) is 9.78 Å². The first-order valence-corrected chi connectivity index (χ1v) is 9.71. The fourth-order valence-corrected chi connectivity index (χ4v) is 4.66. The summed E-state index contributed by atoms with van der Waals surface area (Å²) in [7, 11) is -4.46. The van der Waals surface area contributed by atoms with E-state index >= 15 is 0 Å².